The summed E-state index contributed by atoms with van der Waals surface area (Å²) in [5.74, 6) is -0.187. The van der Waals surface area contributed by atoms with Crippen LogP contribution in [-0.4, -0.2) is 6.54 Å². The average Bonchev–Trinajstić information content (AvgIpc) is 2.46. The van der Waals surface area contributed by atoms with Gasteiger partial charge in [0.05, 0.1) is 0 Å². The van der Waals surface area contributed by atoms with E-state index in [0.29, 0.717) is 0 Å². The van der Waals surface area contributed by atoms with Crippen LogP contribution < -0.4 is 5.32 Å². The van der Waals surface area contributed by atoms with E-state index in [-0.39, 0.29) is 11.9 Å². The van der Waals surface area contributed by atoms with Crippen LogP contribution in [0.4, 0.5) is 4.39 Å². The van der Waals surface area contributed by atoms with Crippen LogP contribution in [0.5, 0.6) is 0 Å². The molecule has 0 bridgehead atoms. The van der Waals surface area contributed by atoms with Crippen LogP contribution >= 0.6 is 15.9 Å². The maximum atomic E-state index is 13.0. The molecule has 1 N–H and O–H groups in total. The molecule has 2 aromatic rings. The van der Waals surface area contributed by atoms with Gasteiger partial charge in [-0.25, -0.2) is 4.39 Å². The fourth-order valence-electron chi connectivity index (χ4n) is 2.22. The molecule has 2 rings (SSSR count). The highest BCUT2D eigenvalue weighted by Gasteiger charge is 2.14. The van der Waals surface area contributed by atoms with Crippen LogP contribution in [0.2, 0.25) is 0 Å². The predicted octanol–water partition coefficient (Wildman–Crippen LogP) is 4.87. The van der Waals surface area contributed by atoms with E-state index in [1.807, 2.05) is 24.3 Å². The molecule has 0 fully saturated rings. The Bertz CT molecular complexity index is 539. The lowest BCUT2D eigenvalue weighted by atomic mass is 9.98. The molecule has 106 valence electrons. The average molecular weight is 336 g/mol. The van der Waals surface area contributed by atoms with Crippen molar-refractivity contribution < 1.29 is 4.39 Å². The highest BCUT2D eigenvalue weighted by molar-refractivity contribution is 9.10. The van der Waals surface area contributed by atoms with E-state index < -0.39 is 0 Å². The zero-order valence-corrected chi connectivity index (χ0v) is 13.2. The maximum Gasteiger partial charge on any atom is 0.123 e. The molecule has 1 unspecified atom stereocenters. The molecule has 0 amide bonds. The van der Waals surface area contributed by atoms with Gasteiger partial charge in [-0.1, -0.05) is 53.2 Å². The van der Waals surface area contributed by atoms with Crippen LogP contribution in [0, 0.1) is 5.82 Å². The summed E-state index contributed by atoms with van der Waals surface area (Å²) in [6.07, 6.45) is 1.94. The van der Waals surface area contributed by atoms with E-state index in [9.17, 15) is 4.39 Å². The van der Waals surface area contributed by atoms with Crippen molar-refractivity contribution in [3.63, 3.8) is 0 Å². The number of rotatable bonds is 6. The Hall–Kier alpha value is -1.19. The predicted molar refractivity (Wildman–Crippen MR) is 85.3 cm³/mol. The van der Waals surface area contributed by atoms with E-state index in [1.165, 1.54) is 17.7 Å². The van der Waals surface area contributed by atoms with Crippen LogP contribution in [0.1, 0.15) is 30.5 Å². The van der Waals surface area contributed by atoms with E-state index in [4.69, 9.17) is 0 Å². The fraction of sp³-hybridized carbons (Fsp3) is 0.294. The maximum absolute atomic E-state index is 13.0. The molecule has 0 saturated heterocycles. The molecule has 0 aliphatic rings. The van der Waals surface area contributed by atoms with E-state index in [2.05, 4.69) is 40.3 Å². The smallest absolute Gasteiger partial charge is 0.123 e. The van der Waals surface area contributed by atoms with E-state index in [0.717, 1.165) is 29.4 Å². The molecule has 3 heteroatoms. The molecular weight excluding hydrogens is 317 g/mol. The van der Waals surface area contributed by atoms with Gasteiger partial charge in [0, 0.05) is 10.5 Å². The van der Waals surface area contributed by atoms with Crippen molar-refractivity contribution in [3.05, 3.63) is 69.9 Å². The summed E-state index contributed by atoms with van der Waals surface area (Å²) >= 11 is 3.61. The summed E-state index contributed by atoms with van der Waals surface area (Å²) in [6.45, 7) is 3.12. The van der Waals surface area contributed by atoms with Crippen molar-refractivity contribution in [2.45, 2.75) is 25.8 Å². The molecule has 0 radical (unpaired) electrons. The largest absolute Gasteiger partial charge is 0.310 e. The monoisotopic (exact) mass is 335 g/mol. The summed E-state index contributed by atoms with van der Waals surface area (Å²) in [7, 11) is 0. The number of hydrogen-bond donors (Lipinski definition) is 1. The van der Waals surface area contributed by atoms with Crippen molar-refractivity contribution >= 4 is 15.9 Å². The zero-order chi connectivity index (χ0) is 14.4. The Morgan fingerprint density at radius 3 is 2.45 bits per heavy atom. The third kappa shape index (κ3) is 4.15. The molecular formula is C17H19BrFN. The third-order valence-corrected chi connectivity index (χ3v) is 4.00. The first-order valence-corrected chi connectivity index (χ1v) is 7.72. The number of halogens is 2. The molecule has 2 aromatic carbocycles. The Morgan fingerprint density at radius 1 is 1.10 bits per heavy atom. The normalized spacial score (nSPS) is 12.3. The molecule has 0 aromatic heterocycles. The standard InChI is InChI=1S/C17H19BrFN/c1-2-11-20-17(15-5-3-4-6-16(15)18)12-13-7-9-14(19)10-8-13/h3-10,17,20H,2,11-12H2,1H3. The lowest BCUT2D eigenvalue weighted by Crippen LogP contribution is -2.24. The van der Waals surface area contributed by atoms with Gasteiger partial charge in [0.1, 0.15) is 5.82 Å². The van der Waals surface area contributed by atoms with Crippen molar-refractivity contribution in [2.24, 2.45) is 0 Å². The minimum atomic E-state index is -0.187. The van der Waals surface area contributed by atoms with Gasteiger partial charge in [-0.05, 0) is 48.7 Å². The summed E-state index contributed by atoms with van der Waals surface area (Å²) in [5, 5.41) is 3.57. The first-order chi connectivity index (χ1) is 9.70. The summed E-state index contributed by atoms with van der Waals surface area (Å²) in [6, 6.07) is 15.2. The lowest BCUT2D eigenvalue weighted by Gasteiger charge is -2.20. The van der Waals surface area contributed by atoms with Gasteiger partial charge in [0.15, 0.2) is 0 Å². The Morgan fingerprint density at radius 2 is 1.80 bits per heavy atom. The molecule has 20 heavy (non-hydrogen) atoms. The topological polar surface area (TPSA) is 12.0 Å². The van der Waals surface area contributed by atoms with Crippen molar-refractivity contribution in [2.75, 3.05) is 6.54 Å². The third-order valence-electron chi connectivity index (χ3n) is 3.27. The number of hydrogen-bond acceptors (Lipinski definition) is 1. The van der Waals surface area contributed by atoms with E-state index >= 15 is 0 Å². The van der Waals surface area contributed by atoms with Crippen LogP contribution in [0.15, 0.2) is 53.0 Å². The second-order valence-electron chi connectivity index (χ2n) is 4.86. The highest BCUT2D eigenvalue weighted by Crippen LogP contribution is 2.26. The molecule has 0 saturated carbocycles. The zero-order valence-electron chi connectivity index (χ0n) is 11.6. The van der Waals surface area contributed by atoms with Crippen molar-refractivity contribution in [1.82, 2.24) is 5.32 Å². The molecule has 0 spiro atoms. The first-order valence-electron chi connectivity index (χ1n) is 6.93. The van der Waals surface area contributed by atoms with Crippen LogP contribution in [-0.2, 0) is 6.42 Å². The Labute approximate surface area is 128 Å². The Balaban J connectivity index is 2.19. The molecule has 0 aliphatic carbocycles. The number of benzene rings is 2. The van der Waals surface area contributed by atoms with Gasteiger partial charge in [-0.15, -0.1) is 0 Å². The summed E-state index contributed by atoms with van der Waals surface area (Å²) in [4.78, 5) is 0. The molecule has 0 aliphatic heterocycles. The molecule has 1 nitrogen and oxygen atoms in total. The molecule has 1 atom stereocenters. The van der Waals surface area contributed by atoms with Gasteiger partial charge < -0.3 is 5.32 Å². The quantitative estimate of drug-likeness (QED) is 0.793. The van der Waals surface area contributed by atoms with Gasteiger partial charge >= 0.3 is 0 Å². The fourth-order valence-corrected chi connectivity index (χ4v) is 2.79. The number of nitrogens with one attached hydrogen (secondary N) is 1. The van der Waals surface area contributed by atoms with Gasteiger partial charge in [0.2, 0.25) is 0 Å². The van der Waals surface area contributed by atoms with Gasteiger partial charge in [-0.2, -0.15) is 0 Å². The SMILES string of the molecule is CCCNC(Cc1ccc(F)cc1)c1ccccc1Br. The summed E-state index contributed by atoms with van der Waals surface area (Å²) in [5.41, 5.74) is 2.38. The first kappa shape index (κ1) is 15.2. The van der Waals surface area contributed by atoms with Gasteiger partial charge in [-0.3, -0.25) is 0 Å². The minimum absolute atomic E-state index is 0.187. The Kier molecular flexibility index (Phi) is 5.74. The second kappa shape index (κ2) is 7.55. The van der Waals surface area contributed by atoms with Crippen LogP contribution in [0.25, 0.3) is 0 Å². The minimum Gasteiger partial charge on any atom is -0.310 e. The van der Waals surface area contributed by atoms with Crippen molar-refractivity contribution in [3.8, 4) is 0 Å². The lowest BCUT2D eigenvalue weighted by molar-refractivity contribution is 0.527. The molecule has 0 heterocycles. The highest BCUT2D eigenvalue weighted by atomic mass is 79.9. The van der Waals surface area contributed by atoms with E-state index in [1.54, 1.807) is 0 Å². The van der Waals surface area contributed by atoms with Crippen LogP contribution in [0.3, 0.4) is 0 Å². The van der Waals surface area contributed by atoms with Crippen molar-refractivity contribution in [1.29, 1.82) is 0 Å². The second-order valence-corrected chi connectivity index (χ2v) is 5.71. The van der Waals surface area contributed by atoms with Gasteiger partial charge in [0.25, 0.3) is 0 Å². The summed E-state index contributed by atoms with van der Waals surface area (Å²) < 4.78 is 14.1.